The fourth-order valence-electron chi connectivity index (χ4n) is 1.90. The molecule has 0 aromatic heterocycles. The van der Waals surface area contributed by atoms with Crippen molar-refractivity contribution in [3.05, 3.63) is 29.8 Å². The molecule has 0 radical (unpaired) electrons. The Morgan fingerprint density at radius 2 is 2.05 bits per heavy atom. The lowest BCUT2D eigenvalue weighted by Crippen LogP contribution is -2.41. The van der Waals surface area contributed by atoms with Crippen LogP contribution in [0.5, 0.6) is 5.75 Å². The largest absolute Gasteiger partial charge is 0.573 e. The number of nitrogens with one attached hydrogen (secondary N) is 2. The molecular weight excluding hydrogens is 398 g/mol. The van der Waals surface area contributed by atoms with Crippen LogP contribution in [0.15, 0.2) is 29.3 Å². The van der Waals surface area contributed by atoms with E-state index in [1.807, 2.05) is 0 Å². The molecule has 0 aliphatic carbocycles. The SMILES string of the molecule is FC(F)(F)Oc1ccccc1CCNC1=NCCCN1.I. The van der Waals surface area contributed by atoms with Crippen LogP contribution in [-0.2, 0) is 6.42 Å². The normalized spacial score (nSPS) is 14.5. The fraction of sp³-hybridized carbons (Fsp3) is 0.462. The first-order chi connectivity index (χ1) is 9.54. The summed E-state index contributed by atoms with van der Waals surface area (Å²) < 4.78 is 40.8. The maximum atomic E-state index is 12.3. The zero-order chi connectivity index (χ0) is 14.4. The number of halogens is 4. The lowest BCUT2D eigenvalue weighted by Gasteiger charge is -2.17. The fourth-order valence-corrected chi connectivity index (χ4v) is 1.90. The molecule has 21 heavy (non-hydrogen) atoms. The van der Waals surface area contributed by atoms with E-state index < -0.39 is 6.36 Å². The third-order valence-corrected chi connectivity index (χ3v) is 2.78. The summed E-state index contributed by atoms with van der Waals surface area (Å²) in [6.07, 6.45) is -3.25. The summed E-state index contributed by atoms with van der Waals surface area (Å²) in [5, 5.41) is 6.15. The highest BCUT2D eigenvalue weighted by molar-refractivity contribution is 14.0. The van der Waals surface area contributed by atoms with Crippen LogP contribution in [0.1, 0.15) is 12.0 Å². The highest BCUT2D eigenvalue weighted by Crippen LogP contribution is 2.26. The molecule has 2 rings (SSSR count). The summed E-state index contributed by atoms with van der Waals surface area (Å²) in [5.74, 6) is 0.547. The second-order valence-corrected chi connectivity index (χ2v) is 4.34. The van der Waals surface area contributed by atoms with E-state index in [9.17, 15) is 13.2 Å². The van der Waals surface area contributed by atoms with Crippen molar-refractivity contribution in [2.24, 2.45) is 4.99 Å². The molecule has 4 nitrogen and oxygen atoms in total. The molecule has 0 saturated carbocycles. The van der Waals surface area contributed by atoms with E-state index in [0.29, 0.717) is 24.5 Å². The van der Waals surface area contributed by atoms with Gasteiger partial charge in [0.25, 0.3) is 0 Å². The molecule has 118 valence electrons. The van der Waals surface area contributed by atoms with Crippen molar-refractivity contribution >= 4 is 29.9 Å². The third-order valence-electron chi connectivity index (χ3n) is 2.78. The molecule has 0 unspecified atom stereocenters. The Balaban J connectivity index is 0.00000220. The Morgan fingerprint density at radius 1 is 1.29 bits per heavy atom. The van der Waals surface area contributed by atoms with Crippen molar-refractivity contribution in [2.45, 2.75) is 19.2 Å². The van der Waals surface area contributed by atoms with Crippen LogP contribution in [-0.4, -0.2) is 32.0 Å². The first kappa shape index (κ1) is 17.9. The van der Waals surface area contributed by atoms with Crippen LogP contribution in [0.3, 0.4) is 0 Å². The van der Waals surface area contributed by atoms with Crippen molar-refractivity contribution in [3.8, 4) is 5.75 Å². The molecule has 1 aliphatic heterocycles. The maximum absolute atomic E-state index is 12.3. The topological polar surface area (TPSA) is 45.6 Å². The van der Waals surface area contributed by atoms with E-state index >= 15 is 0 Å². The van der Waals surface area contributed by atoms with Gasteiger partial charge in [-0.15, -0.1) is 37.1 Å². The molecule has 1 heterocycles. The maximum Gasteiger partial charge on any atom is 0.573 e. The van der Waals surface area contributed by atoms with Crippen LogP contribution in [0.4, 0.5) is 13.2 Å². The first-order valence-electron chi connectivity index (χ1n) is 6.40. The van der Waals surface area contributed by atoms with Crippen LogP contribution in [0, 0.1) is 0 Å². The number of ether oxygens (including phenoxy) is 1. The quantitative estimate of drug-likeness (QED) is 0.744. The van der Waals surface area contributed by atoms with Crippen molar-refractivity contribution < 1.29 is 17.9 Å². The minimum Gasteiger partial charge on any atom is -0.406 e. The van der Waals surface area contributed by atoms with E-state index in [-0.39, 0.29) is 29.7 Å². The van der Waals surface area contributed by atoms with Crippen molar-refractivity contribution in [1.29, 1.82) is 0 Å². The van der Waals surface area contributed by atoms with E-state index in [1.165, 1.54) is 12.1 Å². The van der Waals surface area contributed by atoms with Gasteiger partial charge in [-0.2, -0.15) is 0 Å². The summed E-state index contributed by atoms with van der Waals surface area (Å²) >= 11 is 0. The van der Waals surface area contributed by atoms with Crippen molar-refractivity contribution in [1.82, 2.24) is 10.6 Å². The number of nitrogens with zero attached hydrogens (tertiary/aromatic N) is 1. The van der Waals surface area contributed by atoms with Gasteiger partial charge in [0.1, 0.15) is 5.75 Å². The van der Waals surface area contributed by atoms with Crippen molar-refractivity contribution in [2.75, 3.05) is 19.6 Å². The number of aliphatic imine (C=N–C) groups is 1. The Bertz CT molecular complexity index is 480. The Hall–Kier alpha value is -1.19. The molecule has 0 amide bonds. The van der Waals surface area contributed by atoms with Crippen LogP contribution < -0.4 is 15.4 Å². The van der Waals surface area contributed by atoms with Gasteiger partial charge in [0.2, 0.25) is 0 Å². The predicted octanol–water partition coefficient (Wildman–Crippen LogP) is 2.68. The second kappa shape index (κ2) is 8.30. The summed E-state index contributed by atoms with van der Waals surface area (Å²) in [6, 6.07) is 6.15. The van der Waals surface area contributed by atoms with Crippen molar-refractivity contribution in [3.63, 3.8) is 0 Å². The first-order valence-corrected chi connectivity index (χ1v) is 6.40. The van der Waals surface area contributed by atoms with E-state index in [2.05, 4.69) is 20.4 Å². The predicted molar refractivity (Wildman–Crippen MR) is 85.2 cm³/mol. The number of hydrogen-bond donors (Lipinski definition) is 2. The molecule has 0 spiro atoms. The molecule has 1 aromatic carbocycles. The zero-order valence-electron chi connectivity index (χ0n) is 11.2. The summed E-state index contributed by atoms with van der Waals surface area (Å²) in [7, 11) is 0. The number of rotatable bonds is 4. The zero-order valence-corrected chi connectivity index (χ0v) is 13.6. The smallest absolute Gasteiger partial charge is 0.406 e. The van der Waals surface area contributed by atoms with E-state index in [0.717, 1.165) is 19.5 Å². The Kier molecular flexibility index (Phi) is 7.06. The Morgan fingerprint density at radius 3 is 2.71 bits per heavy atom. The molecule has 0 saturated heterocycles. The number of guanidine groups is 1. The highest BCUT2D eigenvalue weighted by atomic mass is 127. The standard InChI is InChI=1S/C13H16F3N3O.HI/c14-13(15,16)20-11-5-2-1-4-10(11)6-9-19-12-17-7-3-8-18-12;/h1-2,4-5H,3,6-9H2,(H2,17,18,19);1H. The minimum atomic E-state index is -4.67. The van der Waals surface area contributed by atoms with Gasteiger partial charge < -0.3 is 15.4 Å². The third kappa shape index (κ3) is 6.40. The summed E-state index contributed by atoms with van der Waals surface area (Å²) in [4.78, 5) is 4.23. The van der Waals surface area contributed by atoms with Crippen LogP contribution in [0.25, 0.3) is 0 Å². The lowest BCUT2D eigenvalue weighted by atomic mass is 10.1. The molecule has 2 N–H and O–H groups in total. The average molecular weight is 415 g/mol. The number of benzene rings is 1. The van der Waals surface area contributed by atoms with Gasteiger partial charge >= 0.3 is 6.36 Å². The molecule has 8 heteroatoms. The van der Waals surface area contributed by atoms with Gasteiger partial charge in [0, 0.05) is 19.6 Å². The lowest BCUT2D eigenvalue weighted by molar-refractivity contribution is -0.274. The van der Waals surface area contributed by atoms with Gasteiger partial charge in [-0.3, -0.25) is 4.99 Å². The molecule has 0 bridgehead atoms. The van der Waals surface area contributed by atoms with E-state index in [1.54, 1.807) is 12.1 Å². The van der Waals surface area contributed by atoms with Crippen LogP contribution >= 0.6 is 24.0 Å². The van der Waals surface area contributed by atoms with Gasteiger partial charge in [-0.1, -0.05) is 18.2 Å². The highest BCUT2D eigenvalue weighted by Gasteiger charge is 2.31. The Labute approximate surface area is 138 Å². The van der Waals surface area contributed by atoms with Crippen LogP contribution in [0.2, 0.25) is 0 Å². The summed E-state index contributed by atoms with van der Waals surface area (Å²) in [5.41, 5.74) is 0.508. The number of hydrogen-bond acceptors (Lipinski definition) is 4. The average Bonchev–Trinajstić information content (AvgIpc) is 2.40. The number of para-hydroxylation sites is 1. The van der Waals surface area contributed by atoms with Gasteiger partial charge in [-0.05, 0) is 24.5 Å². The number of alkyl halides is 3. The monoisotopic (exact) mass is 415 g/mol. The summed E-state index contributed by atoms with van der Waals surface area (Å²) in [6.45, 7) is 2.12. The van der Waals surface area contributed by atoms with Gasteiger partial charge in [0.15, 0.2) is 5.96 Å². The van der Waals surface area contributed by atoms with Gasteiger partial charge in [-0.25, -0.2) is 0 Å². The minimum absolute atomic E-state index is 0. The molecule has 1 aliphatic rings. The molecule has 0 atom stereocenters. The van der Waals surface area contributed by atoms with E-state index in [4.69, 9.17) is 0 Å². The van der Waals surface area contributed by atoms with Gasteiger partial charge in [0.05, 0.1) is 0 Å². The second-order valence-electron chi connectivity index (χ2n) is 4.34. The molecular formula is C13H17F3IN3O. The molecule has 1 aromatic rings. The molecule has 0 fully saturated rings.